The number of nitrogens with one attached hydrogen (secondary N) is 1. The molecule has 1 amide bonds. The Morgan fingerprint density at radius 2 is 1.76 bits per heavy atom. The predicted octanol–water partition coefficient (Wildman–Crippen LogP) is 3.30. The Balaban J connectivity index is 1.60. The molecular weight excluding hydrogens is 481 g/mol. The number of aliphatic imine (C=N–C) groups is 1. The largest absolute Gasteiger partial charge is 0.497 e. The van der Waals surface area contributed by atoms with Gasteiger partial charge in [-0.25, -0.2) is 0 Å². The van der Waals surface area contributed by atoms with E-state index in [2.05, 4.69) is 15.5 Å². The lowest BCUT2D eigenvalue weighted by molar-refractivity contribution is -0.121. The van der Waals surface area contributed by atoms with Crippen molar-refractivity contribution in [3.8, 4) is 11.4 Å². The Morgan fingerprint density at radius 1 is 1.08 bits per heavy atom. The molecule has 5 rings (SSSR count). The lowest BCUT2D eigenvalue weighted by atomic mass is 9.78. The summed E-state index contributed by atoms with van der Waals surface area (Å²) in [5.74, 6) is 1.97. The van der Waals surface area contributed by atoms with Crippen LogP contribution in [0.2, 0.25) is 0 Å². The van der Waals surface area contributed by atoms with Crippen LogP contribution in [0, 0.1) is 6.92 Å². The molecule has 1 aromatic heterocycles. The van der Waals surface area contributed by atoms with Crippen LogP contribution in [0.5, 0.6) is 5.75 Å². The van der Waals surface area contributed by atoms with Crippen molar-refractivity contribution in [3.05, 3.63) is 65.2 Å². The first-order valence-electron chi connectivity index (χ1n) is 13.0. The topological polar surface area (TPSA) is 99.9 Å². The highest BCUT2D eigenvalue weighted by Crippen LogP contribution is 2.37. The molecule has 0 aliphatic carbocycles. The second-order valence-corrected chi connectivity index (χ2v) is 10.7. The first-order valence-corrected chi connectivity index (χ1v) is 13.0. The van der Waals surface area contributed by atoms with Gasteiger partial charge in [0.25, 0.3) is 0 Å². The Morgan fingerprint density at radius 3 is 2.39 bits per heavy atom. The van der Waals surface area contributed by atoms with Crippen LogP contribution in [0.25, 0.3) is 5.69 Å². The normalized spacial score (nSPS) is 19.3. The molecular formula is C28H34BN5O4. The van der Waals surface area contributed by atoms with Crippen LogP contribution in [0.1, 0.15) is 69.9 Å². The van der Waals surface area contributed by atoms with Gasteiger partial charge in [-0.15, -0.1) is 10.2 Å². The summed E-state index contributed by atoms with van der Waals surface area (Å²) < 4.78 is 20.0. The smallest absolute Gasteiger partial charge is 0.494 e. The number of hydrogen-bond acceptors (Lipinski definition) is 7. The van der Waals surface area contributed by atoms with E-state index >= 15 is 0 Å². The summed E-state index contributed by atoms with van der Waals surface area (Å²) in [5.41, 5.74) is 3.49. The first-order chi connectivity index (χ1) is 18.0. The van der Waals surface area contributed by atoms with Gasteiger partial charge < -0.3 is 19.4 Å². The molecule has 1 fully saturated rings. The summed E-state index contributed by atoms with van der Waals surface area (Å²) in [6.45, 7) is 12.5. The molecule has 2 aliphatic heterocycles. The maximum atomic E-state index is 12.7. The predicted molar refractivity (Wildman–Crippen MR) is 146 cm³/mol. The number of carbonyl (C=O) groups is 1. The number of aromatic nitrogens is 3. The van der Waals surface area contributed by atoms with E-state index < -0.39 is 24.4 Å². The van der Waals surface area contributed by atoms with Crippen molar-refractivity contribution in [1.82, 2.24) is 20.1 Å². The number of methoxy groups -OCH3 is 1. The molecule has 1 atom stereocenters. The number of amides is 1. The number of fused-ring (bicyclic) bond motifs is 3. The third kappa shape index (κ3) is 4.52. The van der Waals surface area contributed by atoms with Gasteiger partial charge in [-0.05, 0) is 65.2 Å². The van der Waals surface area contributed by atoms with E-state index in [9.17, 15) is 4.79 Å². The maximum Gasteiger partial charge on any atom is 0.494 e. The number of rotatable bonds is 6. The van der Waals surface area contributed by atoms with Gasteiger partial charge in [0.1, 0.15) is 17.6 Å². The zero-order chi connectivity index (χ0) is 27.2. The lowest BCUT2D eigenvalue weighted by Gasteiger charge is -2.32. The van der Waals surface area contributed by atoms with Gasteiger partial charge in [0.15, 0.2) is 5.82 Å². The van der Waals surface area contributed by atoms with E-state index in [1.54, 1.807) is 7.11 Å². The van der Waals surface area contributed by atoms with E-state index in [-0.39, 0.29) is 12.3 Å². The number of ether oxygens (including phenoxy) is 1. The number of hydrogen-bond donors (Lipinski definition) is 1. The van der Waals surface area contributed by atoms with Crippen molar-refractivity contribution in [2.24, 2.45) is 4.99 Å². The zero-order valence-electron chi connectivity index (χ0n) is 23.0. The third-order valence-electron chi connectivity index (χ3n) is 7.59. The second kappa shape index (κ2) is 9.67. The van der Waals surface area contributed by atoms with Crippen LogP contribution in [-0.4, -0.2) is 58.4 Å². The maximum absolute atomic E-state index is 12.7. The zero-order valence-corrected chi connectivity index (χ0v) is 23.0. The average Bonchev–Trinajstić information content (AvgIpc) is 3.31. The minimum absolute atomic E-state index is 0.0903. The Labute approximate surface area is 223 Å². The fraction of sp³-hybridized carbons (Fsp3) is 0.429. The number of benzene rings is 2. The molecule has 198 valence electrons. The third-order valence-corrected chi connectivity index (χ3v) is 7.59. The van der Waals surface area contributed by atoms with Crippen molar-refractivity contribution in [2.45, 2.75) is 65.2 Å². The summed E-state index contributed by atoms with van der Waals surface area (Å²) in [6.07, 6.45) is 0.159. The van der Waals surface area contributed by atoms with Crippen LogP contribution in [0.15, 0.2) is 47.5 Å². The van der Waals surface area contributed by atoms with Crippen molar-refractivity contribution in [3.63, 3.8) is 0 Å². The van der Waals surface area contributed by atoms with Crippen LogP contribution < -0.4 is 15.5 Å². The number of aryl methyl sites for hydroxylation is 1. The van der Waals surface area contributed by atoms with Crippen molar-refractivity contribution < 1.29 is 18.8 Å². The molecule has 1 N–H and O–H groups in total. The van der Waals surface area contributed by atoms with E-state index in [0.29, 0.717) is 18.1 Å². The Kier molecular flexibility index (Phi) is 6.65. The molecule has 3 aromatic rings. The van der Waals surface area contributed by atoms with E-state index in [0.717, 1.165) is 33.8 Å². The van der Waals surface area contributed by atoms with Gasteiger partial charge in [-0.1, -0.05) is 24.3 Å². The molecule has 2 aliphatic rings. The summed E-state index contributed by atoms with van der Waals surface area (Å²) in [7, 11) is 1.18. The lowest BCUT2D eigenvalue weighted by Crippen LogP contribution is -2.41. The van der Waals surface area contributed by atoms with Crippen LogP contribution in [0.3, 0.4) is 0 Å². The molecule has 0 spiro atoms. The highest BCUT2D eigenvalue weighted by molar-refractivity contribution is 6.62. The van der Waals surface area contributed by atoms with E-state index in [1.165, 1.54) is 0 Å². The van der Waals surface area contributed by atoms with Gasteiger partial charge >= 0.3 is 7.12 Å². The molecule has 3 heterocycles. The second-order valence-electron chi connectivity index (χ2n) is 10.7. The number of nitrogens with zero attached hydrogens (tertiary/aromatic N) is 4. The van der Waals surface area contributed by atoms with Gasteiger partial charge in [0.05, 0.1) is 36.1 Å². The molecule has 0 radical (unpaired) electrons. The molecule has 9 nitrogen and oxygen atoms in total. The summed E-state index contributed by atoms with van der Waals surface area (Å²) in [6, 6.07) is 13.4. The quantitative estimate of drug-likeness (QED) is 0.506. The first kappa shape index (κ1) is 26.1. The van der Waals surface area contributed by atoms with Crippen LogP contribution >= 0.6 is 0 Å². The van der Waals surface area contributed by atoms with Gasteiger partial charge in [-0.2, -0.15) is 0 Å². The molecule has 1 saturated heterocycles. The van der Waals surface area contributed by atoms with E-state index in [1.807, 2.05) is 88.6 Å². The van der Waals surface area contributed by atoms with E-state index in [4.69, 9.17) is 19.0 Å². The molecule has 0 saturated carbocycles. The van der Waals surface area contributed by atoms with Crippen molar-refractivity contribution >= 4 is 24.2 Å². The fourth-order valence-electron chi connectivity index (χ4n) is 4.79. The molecule has 38 heavy (non-hydrogen) atoms. The molecule has 10 heteroatoms. The van der Waals surface area contributed by atoms with Crippen LogP contribution in [-0.2, 0) is 14.1 Å². The summed E-state index contributed by atoms with van der Waals surface area (Å²) in [5, 5.41) is 11.6. The van der Waals surface area contributed by atoms with Gasteiger partial charge in [0.2, 0.25) is 5.91 Å². The highest BCUT2D eigenvalue weighted by atomic mass is 16.7. The fourth-order valence-corrected chi connectivity index (χ4v) is 4.79. The number of carbonyl (C=O) groups excluding carboxylic acids is 1. The van der Waals surface area contributed by atoms with Crippen molar-refractivity contribution in [1.29, 1.82) is 0 Å². The van der Waals surface area contributed by atoms with Gasteiger partial charge in [0, 0.05) is 17.7 Å². The monoisotopic (exact) mass is 515 g/mol. The minimum atomic E-state index is -0.515. The van der Waals surface area contributed by atoms with Crippen LogP contribution in [0.4, 0.5) is 0 Å². The summed E-state index contributed by atoms with van der Waals surface area (Å²) in [4.78, 5) is 17.8. The summed E-state index contributed by atoms with van der Waals surface area (Å²) >= 11 is 0. The minimum Gasteiger partial charge on any atom is -0.497 e. The van der Waals surface area contributed by atoms with Gasteiger partial charge in [-0.3, -0.25) is 14.4 Å². The molecule has 1 unspecified atom stereocenters. The molecule has 0 bridgehead atoms. The SMILES string of the molecule is CCNC(=O)CC1N=C(c2ccc(B3OC(C)(C)C(C)(C)O3)cc2)c2cc(OC)ccc2-n2c(C)nnc21. The standard InChI is InChI=1S/C28H34BN5O4/c1-8-30-24(35)16-22-26-33-32-17(2)34(26)23-14-13-20(36-7)15-21(23)25(31-22)18-9-11-19(12-10-18)29-37-27(3,4)28(5,6)38-29/h9-15,22H,8,16H2,1-7H3,(H,30,35). The molecule has 2 aromatic carbocycles. The Hall–Kier alpha value is -3.50. The Bertz CT molecular complexity index is 1380. The highest BCUT2D eigenvalue weighted by Gasteiger charge is 2.51. The average molecular weight is 515 g/mol. The van der Waals surface area contributed by atoms with Crippen molar-refractivity contribution in [2.75, 3.05) is 13.7 Å².